The second-order valence-corrected chi connectivity index (χ2v) is 4.73. The predicted octanol–water partition coefficient (Wildman–Crippen LogP) is 0.534. The van der Waals surface area contributed by atoms with Crippen LogP contribution in [-0.4, -0.2) is 46.2 Å². The van der Waals surface area contributed by atoms with E-state index in [0.29, 0.717) is 18.8 Å². The molecule has 2 rings (SSSR count). The van der Waals surface area contributed by atoms with E-state index in [4.69, 9.17) is 5.26 Å². The van der Waals surface area contributed by atoms with E-state index in [0.717, 1.165) is 12.0 Å². The van der Waals surface area contributed by atoms with Crippen LogP contribution in [0.25, 0.3) is 0 Å². The topological polar surface area (TPSA) is 77.3 Å². The summed E-state index contributed by atoms with van der Waals surface area (Å²) in [5.41, 5.74) is 1.12. The summed E-state index contributed by atoms with van der Waals surface area (Å²) in [5, 5.41) is 8.80. The van der Waals surface area contributed by atoms with Crippen molar-refractivity contribution in [3.05, 3.63) is 29.6 Å². The highest BCUT2D eigenvalue weighted by molar-refractivity contribution is 5.92. The molecule has 6 heteroatoms. The molecule has 0 N–H and O–H groups in total. The minimum atomic E-state index is -0.0617. The van der Waals surface area contributed by atoms with E-state index in [1.165, 1.54) is 11.1 Å². The summed E-state index contributed by atoms with van der Waals surface area (Å²) < 4.78 is 0. The fourth-order valence-corrected chi connectivity index (χ4v) is 2.17. The van der Waals surface area contributed by atoms with Crippen LogP contribution in [0.3, 0.4) is 0 Å². The van der Waals surface area contributed by atoms with Crippen molar-refractivity contribution in [2.75, 3.05) is 19.6 Å². The maximum absolute atomic E-state index is 12.0. The van der Waals surface area contributed by atoms with Crippen molar-refractivity contribution in [1.82, 2.24) is 14.8 Å². The van der Waals surface area contributed by atoms with Gasteiger partial charge in [-0.05, 0) is 24.1 Å². The molecule has 0 radical (unpaired) electrons. The molecule has 0 saturated carbocycles. The molecule has 2 heterocycles. The summed E-state index contributed by atoms with van der Waals surface area (Å²) in [5.74, 6) is -0.0885. The first kappa shape index (κ1) is 14.0. The summed E-state index contributed by atoms with van der Waals surface area (Å²) in [7, 11) is 0. The van der Waals surface area contributed by atoms with Gasteiger partial charge in [-0.15, -0.1) is 0 Å². The van der Waals surface area contributed by atoms with Crippen LogP contribution in [0.5, 0.6) is 0 Å². The lowest BCUT2D eigenvalue weighted by Gasteiger charge is -2.33. The Morgan fingerprint density at radius 1 is 1.30 bits per heavy atom. The number of hydrogen-bond donors (Lipinski definition) is 0. The van der Waals surface area contributed by atoms with Crippen LogP contribution in [0, 0.1) is 11.3 Å². The molecule has 1 aliphatic heterocycles. The van der Waals surface area contributed by atoms with Crippen molar-refractivity contribution >= 4 is 11.8 Å². The molecule has 20 heavy (non-hydrogen) atoms. The zero-order valence-corrected chi connectivity index (χ0v) is 11.4. The minimum absolute atomic E-state index is 0.0268. The maximum Gasteiger partial charge on any atom is 0.242 e. The van der Waals surface area contributed by atoms with Gasteiger partial charge in [-0.2, -0.15) is 5.26 Å². The lowest BCUT2D eigenvalue weighted by Crippen LogP contribution is -2.53. The molecule has 0 bridgehead atoms. The first-order valence-electron chi connectivity index (χ1n) is 6.54. The van der Waals surface area contributed by atoms with Crippen LogP contribution >= 0.6 is 0 Å². The Bertz CT molecular complexity index is 565. The van der Waals surface area contributed by atoms with E-state index >= 15 is 0 Å². The summed E-state index contributed by atoms with van der Waals surface area (Å²) in [4.78, 5) is 30.9. The van der Waals surface area contributed by atoms with Crippen molar-refractivity contribution in [2.24, 2.45) is 0 Å². The zero-order chi connectivity index (χ0) is 14.5. The van der Waals surface area contributed by atoms with Crippen LogP contribution in [0.2, 0.25) is 0 Å². The van der Waals surface area contributed by atoms with Gasteiger partial charge >= 0.3 is 0 Å². The second-order valence-electron chi connectivity index (χ2n) is 4.73. The molecular weight excluding hydrogens is 256 g/mol. The Morgan fingerprint density at radius 2 is 2.00 bits per heavy atom. The largest absolute Gasteiger partial charge is 0.332 e. The van der Waals surface area contributed by atoms with Gasteiger partial charge in [-0.3, -0.25) is 9.59 Å². The summed E-state index contributed by atoms with van der Waals surface area (Å²) >= 11 is 0. The smallest absolute Gasteiger partial charge is 0.242 e. The average Bonchev–Trinajstić information content (AvgIpc) is 2.45. The van der Waals surface area contributed by atoms with Gasteiger partial charge in [-0.1, -0.05) is 6.92 Å². The fourth-order valence-electron chi connectivity index (χ4n) is 2.17. The number of piperazine rings is 1. The maximum atomic E-state index is 12.0. The highest BCUT2D eigenvalue weighted by Crippen LogP contribution is 2.11. The number of aromatic nitrogens is 1. The van der Waals surface area contributed by atoms with Gasteiger partial charge in [0.2, 0.25) is 11.8 Å². The third-order valence-corrected chi connectivity index (χ3v) is 3.16. The van der Waals surface area contributed by atoms with E-state index in [1.54, 1.807) is 17.0 Å². The first-order chi connectivity index (χ1) is 9.63. The Morgan fingerprint density at radius 3 is 2.70 bits per heavy atom. The number of hydrogen-bond acceptors (Lipinski definition) is 4. The number of carbonyl (C=O) groups is 2. The van der Waals surface area contributed by atoms with E-state index < -0.39 is 0 Å². The molecule has 1 aromatic rings. The van der Waals surface area contributed by atoms with Gasteiger partial charge in [-0.25, -0.2) is 4.98 Å². The highest BCUT2D eigenvalue weighted by Gasteiger charge is 2.29. The number of carbonyl (C=O) groups excluding carboxylic acids is 2. The number of amides is 2. The van der Waals surface area contributed by atoms with E-state index in [-0.39, 0.29) is 24.9 Å². The summed E-state index contributed by atoms with van der Waals surface area (Å²) in [6.07, 6.45) is 2.38. The third-order valence-electron chi connectivity index (χ3n) is 3.16. The van der Waals surface area contributed by atoms with Crippen molar-refractivity contribution in [3.8, 4) is 6.07 Å². The standard InChI is InChI=1S/C14H16N4O2/c1-2-5-17-9-14(20)18(10-13(17)19)8-11-3-4-16-12(6-11)7-15/h3-4,6H,2,5,8-10H2,1H3. The molecule has 0 aliphatic carbocycles. The zero-order valence-electron chi connectivity index (χ0n) is 11.4. The Hall–Kier alpha value is -2.42. The number of pyridine rings is 1. The average molecular weight is 272 g/mol. The molecule has 104 valence electrons. The van der Waals surface area contributed by atoms with Crippen molar-refractivity contribution in [2.45, 2.75) is 19.9 Å². The minimum Gasteiger partial charge on any atom is -0.332 e. The molecule has 0 unspecified atom stereocenters. The number of rotatable bonds is 4. The molecule has 0 atom stereocenters. The quantitative estimate of drug-likeness (QED) is 0.801. The van der Waals surface area contributed by atoms with Crippen LogP contribution in [0.15, 0.2) is 18.3 Å². The highest BCUT2D eigenvalue weighted by atomic mass is 16.2. The second kappa shape index (κ2) is 6.15. The van der Waals surface area contributed by atoms with Gasteiger partial charge in [0.15, 0.2) is 0 Å². The monoisotopic (exact) mass is 272 g/mol. The van der Waals surface area contributed by atoms with Crippen molar-refractivity contribution in [1.29, 1.82) is 5.26 Å². The normalized spacial score (nSPS) is 15.4. The molecule has 1 fully saturated rings. The van der Waals surface area contributed by atoms with Crippen molar-refractivity contribution < 1.29 is 9.59 Å². The van der Waals surface area contributed by atoms with Crippen molar-refractivity contribution in [3.63, 3.8) is 0 Å². The molecule has 6 nitrogen and oxygen atoms in total. The SMILES string of the molecule is CCCN1CC(=O)N(Cc2ccnc(C#N)c2)CC1=O. The van der Waals surface area contributed by atoms with E-state index in [1.807, 2.05) is 13.0 Å². The molecule has 1 aliphatic rings. The van der Waals surface area contributed by atoms with Gasteiger partial charge in [0.25, 0.3) is 0 Å². The van der Waals surface area contributed by atoms with Gasteiger partial charge < -0.3 is 9.80 Å². The summed E-state index contributed by atoms with van der Waals surface area (Å²) in [6, 6.07) is 5.34. The van der Waals surface area contributed by atoms with Gasteiger partial charge in [0, 0.05) is 19.3 Å². The molecule has 0 spiro atoms. The molecule has 0 aromatic carbocycles. The van der Waals surface area contributed by atoms with Gasteiger partial charge in [0.05, 0.1) is 6.54 Å². The molecule has 1 aromatic heterocycles. The molecule has 1 saturated heterocycles. The van der Waals surface area contributed by atoms with Crippen LogP contribution < -0.4 is 0 Å². The Labute approximate surface area is 117 Å². The Kier molecular flexibility index (Phi) is 4.31. The number of nitriles is 1. The lowest BCUT2D eigenvalue weighted by molar-refractivity contribution is -0.150. The van der Waals surface area contributed by atoms with E-state index in [2.05, 4.69) is 4.98 Å². The van der Waals surface area contributed by atoms with E-state index in [9.17, 15) is 9.59 Å². The predicted molar refractivity (Wildman–Crippen MR) is 71.2 cm³/mol. The number of nitrogens with zero attached hydrogens (tertiary/aromatic N) is 4. The van der Waals surface area contributed by atoms with Crippen LogP contribution in [0.1, 0.15) is 24.6 Å². The van der Waals surface area contributed by atoms with Crippen LogP contribution in [-0.2, 0) is 16.1 Å². The van der Waals surface area contributed by atoms with Crippen LogP contribution in [0.4, 0.5) is 0 Å². The third kappa shape index (κ3) is 3.12. The lowest BCUT2D eigenvalue weighted by atomic mass is 10.2. The first-order valence-corrected chi connectivity index (χ1v) is 6.54. The Balaban J connectivity index is 2.05. The fraction of sp³-hybridized carbons (Fsp3) is 0.429. The summed E-state index contributed by atoms with van der Waals surface area (Å²) in [6.45, 7) is 3.17. The molecular formula is C14H16N4O2. The molecule has 2 amide bonds. The van der Waals surface area contributed by atoms with Gasteiger partial charge in [0.1, 0.15) is 18.3 Å².